The van der Waals surface area contributed by atoms with E-state index >= 15 is 0 Å². The molecule has 1 saturated heterocycles. The molecule has 0 aromatic carbocycles. The van der Waals surface area contributed by atoms with Crippen molar-refractivity contribution in [1.29, 1.82) is 0 Å². The van der Waals surface area contributed by atoms with Crippen molar-refractivity contribution in [2.75, 3.05) is 13.1 Å². The molecule has 36 heavy (non-hydrogen) atoms. The number of hydrogen-bond donors (Lipinski definition) is 1. The summed E-state index contributed by atoms with van der Waals surface area (Å²) in [4.78, 5) is 15.7. The minimum Gasteiger partial charge on any atom is -0.464 e. The van der Waals surface area contributed by atoms with Crippen molar-refractivity contribution in [3.05, 3.63) is 36.1 Å². The number of carbonyl (C=O) groups excluding carboxylic acids is 1. The number of nitrogens with one attached hydrogen (secondary N) is 1. The SMILES string of the molecule is CC(C)(C)C1CCC(C(=O)N[C@H]2CC[C@H](CCN3CCCCC3c3coc4cccc-4c3)CC2)CC1. The highest BCUT2D eigenvalue weighted by atomic mass is 16.3. The zero-order valence-electron chi connectivity index (χ0n) is 22.9. The van der Waals surface area contributed by atoms with Gasteiger partial charge in [-0.2, -0.15) is 0 Å². The second-order valence-corrected chi connectivity index (χ2v) is 13.2. The highest BCUT2D eigenvalue weighted by Crippen LogP contribution is 2.40. The lowest BCUT2D eigenvalue weighted by molar-refractivity contribution is -0.127. The first-order chi connectivity index (χ1) is 17.4. The molecule has 0 aromatic rings. The van der Waals surface area contributed by atoms with Crippen LogP contribution in [-0.2, 0) is 4.79 Å². The van der Waals surface area contributed by atoms with Gasteiger partial charge < -0.3 is 9.73 Å². The molecular formula is C32H48N2O2. The number of fused-ring (bicyclic) bond motifs is 1. The smallest absolute Gasteiger partial charge is 0.223 e. The average Bonchev–Trinajstić information content (AvgIpc) is 3.36. The fourth-order valence-corrected chi connectivity index (χ4v) is 7.28. The van der Waals surface area contributed by atoms with Crippen molar-refractivity contribution >= 4 is 5.91 Å². The maximum Gasteiger partial charge on any atom is 0.223 e. The number of piperidine rings is 1. The Morgan fingerprint density at radius 3 is 2.53 bits per heavy atom. The summed E-state index contributed by atoms with van der Waals surface area (Å²) in [5.74, 6) is 3.14. The van der Waals surface area contributed by atoms with Gasteiger partial charge in [0.25, 0.3) is 0 Å². The number of carbonyl (C=O) groups is 1. The first kappa shape index (κ1) is 25.8. The lowest BCUT2D eigenvalue weighted by Gasteiger charge is -2.38. The van der Waals surface area contributed by atoms with E-state index in [1.807, 2.05) is 12.3 Å². The van der Waals surface area contributed by atoms with Crippen molar-refractivity contribution in [2.45, 2.75) is 110 Å². The molecule has 1 unspecified atom stereocenters. The van der Waals surface area contributed by atoms with Crippen LogP contribution in [0.25, 0.3) is 11.3 Å². The molecule has 4 heteroatoms. The minimum atomic E-state index is 0.247. The van der Waals surface area contributed by atoms with E-state index in [2.05, 4.69) is 49.2 Å². The highest BCUT2D eigenvalue weighted by Gasteiger charge is 2.33. The van der Waals surface area contributed by atoms with Crippen LogP contribution < -0.4 is 5.32 Å². The van der Waals surface area contributed by atoms with Gasteiger partial charge in [-0.05, 0) is 113 Å². The second-order valence-electron chi connectivity index (χ2n) is 13.2. The Hall–Kier alpha value is -1.81. The van der Waals surface area contributed by atoms with Gasteiger partial charge in [-0.3, -0.25) is 9.69 Å². The second kappa shape index (κ2) is 11.3. The van der Waals surface area contributed by atoms with Crippen molar-refractivity contribution < 1.29 is 9.21 Å². The molecule has 2 heterocycles. The van der Waals surface area contributed by atoms with Gasteiger partial charge in [0.15, 0.2) is 0 Å². The number of hydrogen-bond acceptors (Lipinski definition) is 3. The lowest BCUT2D eigenvalue weighted by Crippen LogP contribution is -2.42. The topological polar surface area (TPSA) is 45.5 Å². The van der Waals surface area contributed by atoms with Crippen molar-refractivity contribution in [2.24, 2.45) is 23.2 Å². The van der Waals surface area contributed by atoms with Crippen molar-refractivity contribution in [3.63, 3.8) is 0 Å². The molecule has 1 atom stereocenters. The van der Waals surface area contributed by atoms with Crippen molar-refractivity contribution in [1.82, 2.24) is 10.2 Å². The van der Waals surface area contributed by atoms with E-state index in [0.29, 0.717) is 23.4 Å². The van der Waals surface area contributed by atoms with E-state index in [-0.39, 0.29) is 5.92 Å². The summed E-state index contributed by atoms with van der Waals surface area (Å²) in [7, 11) is 0. The van der Waals surface area contributed by atoms with Crippen LogP contribution in [0.1, 0.15) is 109 Å². The molecular weight excluding hydrogens is 444 g/mol. The Kier molecular flexibility index (Phi) is 8.10. The molecule has 1 N–H and O–H groups in total. The number of likely N-dealkylation sites (tertiary alicyclic amines) is 1. The Morgan fingerprint density at radius 2 is 1.78 bits per heavy atom. The van der Waals surface area contributed by atoms with Gasteiger partial charge in [-0.15, -0.1) is 0 Å². The first-order valence-electron chi connectivity index (χ1n) is 14.9. The van der Waals surface area contributed by atoms with E-state index in [0.717, 1.165) is 43.3 Å². The zero-order valence-corrected chi connectivity index (χ0v) is 22.9. The Morgan fingerprint density at radius 1 is 1.00 bits per heavy atom. The highest BCUT2D eigenvalue weighted by molar-refractivity contribution is 5.79. The summed E-state index contributed by atoms with van der Waals surface area (Å²) >= 11 is 0. The third-order valence-electron chi connectivity index (χ3n) is 9.79. The molecule has 5 rings (SSSR count). The fourth-order valence-electron chi connectivity index (χ4n) is 7.28. The summed E-state index contributed by atoms with van der Waals surface area (Å²) in [6.07, 6.45) is 16.5. The third kappa shape index (κ3) is 6.18. The Bertz CT molecular complexity index is 943. The van der Waals surface area contributed by atoms with E-state index < -0.39 is 0 Å². The van der Waals surface area contributed by atoms with Gasteiger partial charge >= 0.3 is 0 Å². The molecule has 2 saturated carbocycles. The van der Waals surface area contributed by atoms with Crippen LogP contribution in [0.5, 0.6) is 0 Å². The summed E-state index contributed by atoms with van der Waals surface area (Å²) in [5.41, 5.74) is 2.94. The van der Waals surface area contributed by atoms with E-state index in [4.69, 9.17) is 4.42 Å². The molecule has 1 amide bonds. The third-order valence-corrected chi connectivity index (χ3v) is 9.79. The number of nitrogens with zero attached hydrogens (tertiary/aromatic N) is 1. The van der Waals surface area contributed by atoms with Gasteiger partial charge in [0.1, 0.15) is 5.76 Å². The van der Waals surface area contributed by atoms with Crippen LogP contribution in [0.15, 0.2) is 34.9 Å². The normalized spacial score (nSPS) is 30.4. The van der Waals surface area contributed by atoms with Gasteiger partial charge in [-0.1, -0.05) is 39.3 Å². The van der Waals surface area contributed by atoms with Crippen LogP contribution in [0.3, 0.4) is 0 Å². The van der Waals surface area contributed by atoms with E-state index in [1.165, 1.54) is 75.6 Å². The van der Waals surface area contributed by atoms with Gasteiger partial charge in [0.2, 0.25) is 5.91 Å². The molecule has 2 aliphatic heterocycles. The molecule has 0 spiro atoms. The average molecular weight is 493 g/mol. The fraction of sp³-hybridized carbons (Fsp3) is 0.719. The van der Waals surface area contributed by atoms with Crippen LogP contribution in [0, 0.1) is 23.2 Å². The van der Waals surface area contributed by atoms with Crippen LogP contribution in [0.2, 0.25) is 0 Å². The van der Waals surface area contributed by atoms with E-state index in [9.17, 15) is 4.79 Å². The first-order valence-corrected chi connectivity index (χ1v) is 14.9. The number of rotatable bonds is 6. The van der Waals surface area contributed by atoms with Crippen molar-refractivity contribution in [3.8, 4) is 11.3 Å². The van der Waals surface area contributed by atoms with Crippen LogP contribution in [0.4, 0.5) is 0 Å². The van der Waals surface area contributed by atoms with Crippen LogP contribution >= 0.6 is 0 Å². The quantitative estimate of drug-likeness (QED) is 0.447. The van der Waals surface area contributed by atoms with Gasteiger partial charge in [-0.25, -0.2) is 0 Å². The van der Waals surface area contributed by atoms with E-state index in [1.54, 1.807) is 0 Å². The van der Waals surface area contributed by atoms with Gasteiger partial charge in [0, 0.05) is 29.1 Å². The summed E-state index contributed by atoms with van der Waals surface area (Å²) in [6, 6.07) is 9.51. The maximum atomic E-state index is 12.9. The molecule has 0 aromatic heterocycles. The Labute approximate surface area is 218 Å². The monoisotopic (exact) mass is 492 g/mol. The van der Waals surface area contributed by atoms with Crippen LogP contribution in [-0.4, -0.2) is 29.9 Å². The molecule has 0 bridgehead atoms. The molecule has 5 aliphatic rings. The van der Waals surface area contributed by atoms with Gasteiger partial charge in [0.05, 0.1) is 6.26 Å². The maximum absolute atomic E-state index is 12.9. The largest absolute Gasteiger partial charge is 0.464 e. The number of amides is 1. The predicted octanol–water partition coefficient (Wildman–Crippen LogP) is 7.83. The minimum absolute atomic E-state index is 0.247. The predicted molar refractivity (Wildman–Crippen MR) is 147 cm³/mol. The molecule has 0 radical (unpaired) electrons. The molecule has 4 nitrogen and oxygen atoms in total. The zero-order chi connectivity index (χ0) is 25.1. The molecule has 3 aliphatic carbocycles. The Balaban J connectivity index is 1.06. The summed E-state index contributed by atoms with van der Waals surface area (Å²) < 4.78 is 5.92. The summed E-state index contributed by atoms with van der Waals surface area (Å²) in [5, 5.41) is 3.45. The standard InChI is InChI=1S/C32H48N2O2/c1-32(2,3)27-14-12-24(13-15-27)31(35)33-28-16-10-23(11-17-28)18-20-34-19-5-4-8-29(34)26-21-25-7-6-9-30(25)36-22-26/h6-7,9,21-24,27-29H,4-5,8,10-20H2,1-3H3,(H,33,35)/t23-,24?,27?,28-,29?. The molecule has 3 fully saturated rings. The lowest BCUT2D eigenvalue weighted by atomic mass is 9.69. The summed E-state index contributed by atoms with van der Waals surface area (Å²) in [6.45, 7) is 9.43. The molecule has 198 valence electrons.